The van der Waals surface area contributed by atoms with Crippen LogP contribution in [0.25, 0.3) is 22.5 Å². The van der Waals surface area contributed by atoms with E-state index in [0.717, 1.165) is 17.8 Å². The molecule has 0 aliphatic heterocycles. The van der Waals surface area contributed by atoms with E-state index in [9.17, 15) is 4.79 Å². The first-order valence-corrected chi connectivity index (χ1v) is 15.1. The van der Waals surface area contributed by atoms with Crippen molar-refractivity contribution < 1.29 is 30.0 Å². The monoisotopic (exact) mass is 732 g/mol. The number of aromatic nitrogens is 2. The van der Waals surface area contributed by atoms with Crippen molar-refractivity contribution in [3.05, 3.63) is 83.4 Å². The average Bonchev–Trinajstić information content (AvgIpc) is 3.16. The third-order valence-corrected chi connectivity index (χ3v) is 7.69. The second-order valence-corrected chi connectivity index (χ2v) is 11.6. The largest absolute Gasteiger partial charge is 0.512 e. The molecule has 0 spiro atoms. The summed E-state index contributed by atoms with van der Waals surface area (Å²) in [4.78, 5) is 19.4. The zero-order valence-corrected chi connectivity index (χ0v) is 28.0. The number of hydrogen-bond acceptors (Lipinski definition) is 4. The summed E-state index contributed by atoms with van der Waals surface area (Å²) in [7, 11) is 0. The molecule has 5 heteroatoms. The number of hydrogen-bond donors (Lipinski definition) is 1. The molecule has 0 fully saturated rings. The van der Waals surface area contributed by atoms with Gasteiger partial charge in [0.15, 0.2) is 5.78 Å². The first-order chi connectivity index (χ1) is 19.2. The Bertz CT molecular complexity index is 1260. The molecular formula is C36H47IrN2O2-. The molecule has 4 rings (SSSR count). The molecule has 1 aliphatic rings. The van der Waals surface area contributed by atoms with E-state index in [1.807, 2.05) is 12.4 Å². The normalized spacial score (nSPS) is 13.0. The van der Waals surface area contributed by atoms with Crippen molar-refractivity contribution in [3.8, 4) is 22.5 Å². The van der Waals surface area contributed by atoms with Gasteiger partial charge in [0.25, 0.3) is 0 Å². The van der Waals surface area contributed by atoms with Gasteiger partial charge >= 0.3 is 0 Å². The molecule has 0 atom stereocenters. The Morgan fingerprint density at radius 1 is 0.878 bits per heavy atom. The number of carbonyl (C=O) groups excluding carboxylic acids is 1. The first-order valence-electron chi connectivity index (χ1n) is 15.1. The van der Waals surface area contributed by atoms with Crippen LogP contribution in [0.2, 0.25) is 0 Å². The first kappa shape index (κ1) is 34.6. The summed E-state index contributed by atoms with van der Waals surface area (Å²) in [5.41, 5.74) is 7.57. The van der Waals surface area contributed by atoms with Gasteiger partial charge < -0.3 is 5.11 Å². The van der Waals surface area contributed by atoms with E-state index in [1.165, 1.54) is 112 Å². The molecule has 0 unspecified atom stereocenters. The number of aliphatic hydroxyl groups excluding tert-OH is 1. The van der Waals surface area contributed by atoms with E-state index >= 15 is 0 Å². The van der Waals surface area contributed by atoms with Gasteiger partial charge in [-0.1, -0.05) is 114 Å². The van der Waals surface area contributed by atoms with Gasteiger partial charge in [-0.05, 0) is 43.2 Å². The fourth-order valence-electron chi connectivity index (χ4n) is 5.50. The number of aliphatic hydroxyl groups is 1. The Morgan fingerprint density at radius 3 is 2.02 bits per heavy atom. The summed E-state index contributed by atoms with van der Waals surface area (Å²) in [6.07, 6.45) is 19.9. The second kappa shape index (κ2) is 17.4. The number of ketones is 1. The maximum Gasteiger partial charge on any atom is 0.155 e. The minimum atomic E-state index is -0.125. The van der Waals surface area contributed by atoms with Crippen LogP contribution >= 0.6 is 0 Å². The quantitative estimate of drug-likeness (QED) is 0.0824. The molecule has 41 heavy (non-hydrogen) atoms. The van der Waals surface area contributed by atoms with Crippen LogP contribution < -0.4 is 0 Å². The van der Waals surface area contributed by atoms with Gasteiger partial charge in [0.2, 0.25) is 0 Å². The number of benzene rings is 2. The second-order valence-electron chi connectivity index (χ2n) is 11.6. The Hall–Kier alpha value is -2.62. The summed E-state index contributed by atoms with van der Waals surface area (Å²) >= 11 is 0. The summed E-state index contributed by atoms with van der Waals surface area (Å²) in [5, 5.41) is 8.36. The average molecular weight is 732 g/mol. The van der Waals surface area contributed by atoms with Gasteiger partial charge in [-0.2, -0.15) is 0 Å². The summed E-state index contributed by atoms with van der Waals surface area (Å²) in [6, 6.07) is 16.5. The van der Waals surface area contributed by atoms with Crippen molar-refractivity contribution in [2.45, 2.75) is 111 Å². The fourth-order valence-corrected chi connectivity index (χ4v) is 5.50. The zero-order chi connectivity index (χ0) is 29.0. The Labute approximate surface area is 261 Å². The predicted molar refractivity (Wildman–Crippen MR) is 166 cm³/mol. The fraction of sp³-hybridized carbons (Fsp3) is 0.472. The maximum atomic E-state index is 10.0. The molecule has 1 N–H and O–H groups in total. The third-order valence-electron chi connectivity index (χ3n) is 7.69. The van der Waals surface area contributed by atoms with Crippen molar-refractivity contribution >= 4 is 5.78 Å². The number of nitrogens with zero attached hydrogens (tertiary/aromatic N) is 2. The van der Waals surface area contributed by atoms with Crippen LogP contribution in [-0.4, -0.2) is 20.9 Å². The molecule has 0 amide bonds. The topological polar surface area (TPSA) is 63.1 Å². The molecule has 0 saturated carbocycles. The van der Waals surface area contributed by atoms with Crippen LogP contribution in [-0.2, 0) is 36.7 Å². The Kier molecular flexibility index (Phi) is 14.6. The van der Waals surface area contributed by atoms with Crippen LogP contribution in [0.4, 0.5) is 0 Å². The van der Waals surface area contributed by atoms with Gasteiger partial charge in [-0.3, -0.25) is 14.8 Å². The number of rotatable bonds is 13. The molecule has 2 aromatic carbocycles. The number of aryl methyl sites for hydroxylation is 1. The van der Waals surface area contributed by atoms with Crippen molar-refractivity contribution in [1.29, 1.82) is 0 Å². The molecule has 3 aromatic rings. The van der Waals surface area contributed by atoms with Crippen LogP contribution in [0.15, 0.2) is 60.6 Å². The van der Waals surface area contributed by atoms with Gasteiger partial charge in [-0.15, -0.1) is 29.3 Å². The van der Waals surface area contributed by atoms with Gasteiger partial charge in [0, 0.05) is 38.6 Å². The van der Waals surface area contributed by atoms with E-state index < -0.39 is 0 Å². The van der Waals surface area contributed by atoms with Gasteiger partial charge in [0.1, 0.15) is 0 Å². The van der Waals surface area contributed by atoms with Gasteiger partial charge in [-0.25, -0.2) is 0 Å². The van der Waals surface area contributed by atoms with Crippen molar-refractivity contribution in [2.24, 2.45) is 0 Å². The van der Waals surface area contributed by atoms with Crippen LogP contribution in [0.5, 0.6) is 0 Å². The van der Waals surface area contributed by atoms with Crippen LogP contribution in [0.3, 0.4) is 0 Å². The molecule has 1 radical (unpaired) electrons. The SMILES string of the molecule is CC(=O)C=C(C)O.CCCCCCCCCCCCc1cnc(-c2[c-]cc3c(c2)C(C)(C)c2ccccc2-3)nc1.[Ir]. The van der Waals surface area contributed by atoms with E-state index in [0.29, 0.717) is 0 Å². The molecule has 1 heterocycles. The number of fused-ring (bicyclic) bond motifs is 3. The van der Waals surface area contributed by atoms with Crippen molar-refractivity contribution in [1.82, 2.24) is 9.97 Å². The molecule has 4 nitrogen and oxygen atoms in total. The molecule has 1 aliphatic carbocycles. The molecule has 0 saturated heterocycles. The van der Waals surface area contributed by atoms with Gasteiger partial charge in [0.05, 0.1) is 11.6 Å². The Balaban J connectivity index is 0.000000655. The molecule has 223 valence electrons. The summed E-state index contributed by atoms with van der Waals surface area (Å²) in [6.45, 7) is 9.74. The summed E-state index contributed by atoms with van der Waals surface area (Å²) in [5.74, 6) is 0.712. The minimum absolute atomic E-state index is 0. The standard InChI is InChI=1S/C31H39N2.C5H8O2.Ir/c1-4-5-6-7-8-9-10-11-12-13-16-24-22-32-30(33-23-24)25-19-20-27-26-17-14-15-18-28(26)31(2,3)29(27)21-25;1-4(6)3-5(2)7;/h14-15,17-18,20-23H,4-13,16H2,1-3H3;3,6H,1-2H3;/q-1;;. The van der Waals surface area contributed by atoms with E-state index in [-0.39, 0.29) is 37.1 Å². The van der Waals surface area contributed by atoms with E-state index in [1.54, 1.807) is 0 Å². The van der Waals surface area contributed by atoms with Crippen molar-refractivity contribution in [3.63, 3.8) is 0 Å². The van der Waals surface area contributed by atoms with E-state index in [4.69, 9.17) is 15.1 Å². The van der Waals surface area contributed by atoms with E-state index in [2.05, 4.69) is 63.2 Å². The molecule has 0 bridgehead atoms. The smallest absolute Gasteiger partial charge is 0.155 e. The zero-order valence-electron chi connectivity index (χ0n) is 25.6. The van der Waals surface area contributed by atoms with Crippen LogP contribution in [0.1, 0.15) is 116 Å². The Morgan fingerprint density at radius 2 is 1.46 bits per heavy atom. The van der Waals surface area contributed by atoms with Crippen LogP contribution in [0, 0.1) is 6.07 Å². The number of unbranched alkanes of at least 4 members (excludes halogenated alkanes) is 9. The minimum Gasteiger partial charge on any atom is -0.512 e. The molecular weight excluding hydrogens is 685 g/mol. The molecule has 1 aromatic heterocycles. The number of allylic oxidation sites excluding steroid dienone is 2. The number of carbonyl (C=O) groups is 1. The predicted octanol–water partition coefficient (Wildman–Crippen LogP) is 9.75. The van der Waals surface area contributed by atoms with Crippen molar-refractivity contribution in [2.75, 3.05) is 0 Å². The maximum absolute atomic E-state index is 10.0. The summed E-state index contributed by atoms with van der Waals surface area (Å²) < 4.78 is 0. The third kappa shape index (κ3) is 10.3.